The second kappa shape index (κ2) is 11.6. The van der Waals surface area contributed by atoms with E-state index in [4.69, 9.17) is 25.9 Å². The number of aromatic nitrogens is 2. The smallest absolute Gasteiger partial charge is 0.365 e. The molecule has 0 spiro atoms. The first-order valence-corrected chi connectivity index (χ1v) is 11.5. The normalized spacial score (nSPS) is 11.7. The average molecular weight is 492 g/mol. The first-order valence-electron chi connectivity index (χ1n) is 9.90. The van der Waals surface area contributed by atoms with Crippen LogP contribution in [0.25, 0.3) is 0 Å². The van der Waals surface area contributed by atoms with Gasteiger partial charge in [-0.25, -0.2) is 15.0 Å². The van der Waals surface area contributed by atoms with Gasteiger partial charge in [0.15, 0.2) is 11.6 Å². The minimum absolute atomic E-state index is 0.180. The highest BCUT2D eigenvalue weighted by Crippen LogP contribution is 2.34. The number of nitrogens with one attached hydrogen (secondary N) is 3. The van der Waals surface area contributed by atoms with Crippen LogP contribution in [0.1, 0.15) is 24.2 Å². The third-order valence-electron chi connectivity index (χ3n) is 4.07. The predicted molar refractivity (Wildman–Crippen MR) is 127 cm³/mol. The topological polar surface area (TPSA) is 135 Å². The summed E-state index contributed by atoms with van der Waals surface area (Å²) in [5.74, 6) is 0.646. The van der Waals surface area contributed by atoms with Gasteiger partial charge in [-0.15, -0.1) is 0 Å². The van der Waals surface area contributed by atoms with Crippen LogP contribution in [0.2, 0.25) is 5.02 Å². The molecule has 0 fully saturated rings. The minimum atomic E-state index is -3.18. The van der Waals surface area contributed by atoms with E-state index < -0.39 is 8.25 Å². The molecule has 12 heteroatoms. The van der Waals surface area contributed by atoms with Crippen molar-refractivity contribution in [2.45, 2.75) is 13.8 Å². The lowest BCUT2D eigenvalue weighted by atomic mass is 10.2. The first kappa shape index (κ1) is 24.5. The SMILES string of the molecule is CC(C)CONC(=O)c1ccc(Nc2ncc(Cl)c(Nc3ccccc3O[PH](=O)O)n2)cc1. The van der Waals surface area contributed by atoms with E-state index in [1.165, 1.54) is 6.20 Å². The maximum absolute atomic E-state index is 12.1. The van der Waals surface area contributed by atoms with Crippen molar-refractivity contribution in [3.05, 3.63) is 65.3 Å². The highest BCUT2D eigenvalue weighted by Gasteiger charge is 2.11. The fraction of sp³-hybridized carbons (Fsp3) is 0.190. The lowest BCUT2D eigenvalue weighted by Gasteiger charge is -2.13. The van der Waals surface area contributed by atoms with Gasteiger partial charge >= 0.3 is 8.25 Å². The van der Waals surface area contributed by atoms with E-state index in [2.05, 4.69) is 26.1 Å². The Morgan fingerprint density at radius 2 is 1.88 bits per heavy atom. The van der Waals surface area contributed by atoms with Crippen LogP contribution in [0.15, 0.2) is 54.7 Å². The second-order valence-electron chi connectivity index (χ2n) is 7.22. The summed E-state index contributed by atoms with van der Waals surface area (Å²) >= 11 is 6.21. The number of para-hydroxylation sites is 2. The van der Waals surface area contributed by atoms with Gasteiger partial charge in [-0.1, -0.05) is 37.6 Å². The zero-order valence-corrected chi connectivity index (χ0v) is 19.6. The molecule has 3 rings (SSSR count). The Balaban J connectivity index is 1.69. The Morgan fingerprint density at radius 3 is 2.58 bits per heavy atom. The van der Waals surface area contributed by atoms with Crippen molar-refractivity contribution < 1.29 is 23.6 Å². The zero-order chi connectivity index (χ0) is 23.8. The van der Waals surface area contributed by atoms with Gasteiger partial charge in [0.1, 0.15) is 5.02 Å². The predicted octanol–water partition coefficient (Wildman–Crippen LogP) is 4.70. The molecule has 0 bridgehead atoms. The summed E-state index contributed by atoms with van der Waals surface area (Å²) in [4.78, 5) is 34.8. The monoisotopic (exact) mass is 491 g/mol. The fourth-order valence-corrected chi connectivity index (χ4v) is 3.07. The van der Waals surface area contributed by atoms with E-state index in [0.29, 0.717) is 29.5 Å². The minimum Gasteiger partial charge on any atom is -0.424 e. The molecular weight excluding hydrogens is 469 g/mol. The lowest BCUT2D eigenvalue weighted by Crippen LogP contribution is -2.25. The summed E-state index contributed by atoms with van der Waals surface area (Å²) in [5, 5.41) is 6.24. The molecule has 1 heterocycles. The number of hydrogen-bond acceptors (Lipinski definition) is 8. The van der Waals surface area contributed by atoms with Crippen LogP contribution >= 0.6 is 19.9 Å². The van der Waals surface area contributed by atoms with Crippen molar-refractivity contribution in [3.8, 4) is 5.75 Å². The van der Waals surface area contributed by atoms with E-state index in [9.17, 15) is 9.36 Å². The molecule has 1 amide bonds. The molecule has 1 aromatic heterocycles. The van der Waals surface area contributed by atoms with Crippen LogP contribution in [0.3, 0.4) is 0 Å². The number of amides is 1. The quantitative estimate of drug-likeness (QED) is 0.235. The summed E-state index contributed by atoms with van der Waals surface area (Å²) < 4.78 is 16.0. The Morgan fingerprint density at radius 1 is 1.15 bits per heavy atom. The fourth-order valence-electron chi connectivity index (χ4n) is 2.56. The van der Waals surface area contributed by atoms with Gasteiger partial charge in [-0.2, -0.15) is 4.98 Å². The van der Waals surface area contributed by atoms with Crippen molar-refractivity contribution in [1.29, 1.82) is 0 Å². The third kappa shape index (κ3) is 7.44. The van der Waals surface area contributed by atoms with Gasteiger partial charge in [0.2, 0.25) is 5.95 Å². The number of rotatable bonds is 10. The van der Waals surface area contributed by atoms with Crippen molar-refractivity contribution in [2.24, 2.45) is 5.92 Å². The molecule has 0 aliphatic heterocycles. The van der Waals surface area contributed by atoms with Crippen LogP contribution in [0.4, 0.5) is 23.1 Å². The van der Waals surface area contributed by atoms with E-state index in [1.54, 1.807) is 48.5 Å². The molecule has 174 valence electrons. The molecule has 0 aliphatic carbocycles. The zero-order valence-electron chi connectivity index (χ0n) is 17.8. The number of anilines is 4. The molecular formula is C21H23ClN5O5P. The lowest BCUT2D eigenvalue weighted by molar-refractivity contribution is 0.0208. The molecule has 33 heavy (non-hydrogen) atoms. The van der Waals surface area contributed by atoms with E-state index >= 15 is 0 Å². The molecule has 1 atom stereocenters. The van der Waals surface area contributed by atoms with Crippen LogP contribution < -0.4 is 20.6 Å². The summed E-state index contributed by atoms with van der Waals surface area (Å²) in [6.07, 6.45) is 1.41. The summed E-state index contributed by atoms with van der Waals surface area (Å²) in [7, 11) is -3.18. The summed E-state index contributed by atoms with van der Waals surface area (Å²) in [6, 6.07) is 13.3. The Bertz CT molecular complexity index is 1130. The molecule has 0 saturated carbocycles. The Kier molecular flexibility index (Phi) is 8.62. The van der Waals surface area contributed by atoms with Gasteiger partial charge < -0.3 is 20.1 Å². The standard InChI is InChI=1S/C21H23ClN5O5P/c1-13(2)12-31-27-20(28)14-7-9-15(10-8-14)24-21-23-11-16(22)19(26-21)25-17-5-3-4-6-18(17)32-33(29)30/h3-11,13,33H,12H2,1-2H3,(H,27,28)(H,29,30)(H2,23,24,25,26). The van der Waals surface area contributed by atoms with Gasteiger partial charge in [0, 0.05) is 11.3 Å². The van der Waals surface area contributed by atoms with E-state index in [1.807, 2.05) is 13.8 Å². The van der Waals surface area contributed by atoms with E-state index in [0.717, 1.165) is 0 Å². The summed E-state index contributed by atoms with van der Waals surface area (Å²) in [5.41, 5.74) is 3.89. The van der Waals surface area contributed by atoms with Gasteiger partial charge in [0.25, 0.3) is 5.91 Å². The number of hydroxylamine groups is 1. The van der Waals surface area contributed by atoms with Crippen molar-refractivity contribution in [1.82, 2.24) is 15.4 Å². The molecule has 0 aliphatic rings. The van der Waals surface area contributed by atoms with Gasteiger partial charge in [-0.3, -0.25) is 9.63 Å². The second-order valence-corrected chi connectivity index (χ2v) is 8.36. The van der Waals surface area contributed by atoms with Crippen molar-refractivity contribution in [3.63, 3.8) is 0 Å². The van der Waals surface area contributed by atoms with Crippen LogP contribution in [0, 0.1) is 5.92 Å². The first-order chi connectivity index (χ1) is 15.8. The number of carbonyl (C=O) groups excluding carboxylic acids is 1. The third-order valence-corrected chi connectivity index (χ3v) is 4.74. The maximum atomic E-state index is 12.1. The van der Waals surface area contributed by atoms with Crippen molar-refractivity contribution >= 4 is 48.9 Å². The number of hydrogen-bond donors (Lipinski definition) is 4. The maximum Gasteiger partial charge on any atom is 0.365 e. The molecule has 3 aromatic rings. The van der Waals surface area contributed by atoms with Crippen molar-refractivity contribution in [2.75, 3.05) is 17.2 Å². The van der Waals surface area contributed by atoms with Crippen LogP contribution in [0.5, 0.6) is 5.75 Å². The number of benzene rings is 2. The van der Waals surface area contributed by atoms with Gasteiger partial charge in [-0.05, 0) is 42.3 Å². The largest absolute Gasteiger partial charge is 0.424 e. The number of nitrogens with zero attached hydrogens (tertiary/aromatic N) is 2. The highest BCUT2D eigenvalue weighted by atomic mass is 35.5. The number of halogens is 1. The molecule has 0 radical (unpaired) electrons. The van der Waals surface area contributed by atoms with Crippen LogP contribution in [-0.4, -0.2) is 27.4 Å². The molecule has 10 nitrogen and oxygen atoms in total. The summed E-state index contributed by atoms with van der Waals surface area (Å²) in [6.45, 7) is 4.39. The van der Waals surface area contributed by atoms with E-state index in [-0.39, 0.29) is 28.4 Å². The van der Waals surface area contributed by atoms with Crippen LogP contribution in [-0.2, 0) is 9.40 Å². The van der Waals surface area contributed by atoms with Gasteiger partial charge in [0.05, 0.1) is 18.5 Å². The molecule has 1 unspecified atom stereocenters. The Hall–Kier alpha value is -3.17. The molecule has 2 aromatic carbocycles. The number of carbonyl (C=O) groups is 1. The average Bonchev–Trinajstić information content (AvgIpc) is 2.77. The Labute approximate surface area is 196 Å². The molecule has 4 N–H and O–H groups in total. The highest BCUT2D eigenvalue weighted by molar-refractivity contribution is 7.32. The molecule has 0 saturated heterocycles.